The van der Waals surface area contributed by atoms with Crippen LogP contribution in [0.4, 0.5) is 0 Å². The van der Waals surface area contributed by atoms with Gasteiger partial charge in [0, 0.05) is 13.5 Å². The van der Waals surface area contributed by atoms with E-state index in [1.807, 2.05) is 14.0 Å². The van der Waals surface area contributed by atoms with Gasteiger partial charge in [0.25, 0.3) is 5.91 Å². The van der Waals surface area contributed by atoms with Gasteiger partial charge in [-0.15, -0.1) is 0 Å². The number of carbonyl (C=O) groups excluding carboxylic acids is 1. The van der Waals surface area contributed by atoms with Gasteiger partial charge in [0.2, 0.25) is 5.76 Å². The molecular formula is C15H23N5O2. The maximum absolute atomic E-state index is 12.5. The average molecular weight is 305 g/mol. The van der Waals surface area contributed by atoms with Gasteiger partial charge in [0.1, 0.15) is 12.2 Å². The first-order valence-corrected chi connectivity index (χ1v) is 7.53. The van der Waals surface area contributed by atoms with Crippen LogP contribution in [0.15, 0.2) is 10.7 Å². The maximum Gasteiger partial charge on any atom is 0.289 e. The molecule has 2 rings (SSSR count). The smallest absolute Gasteiger partial charge is 0.289 e. The summed E-state index contributed by atoms with van der Waals surface area (Å²) in [4.78, 5) is 21.0. The van der Waals surface area contributed by atoms with E-state index in [1.165, 1.54) is 6.33 Å². The van der Waals surface area contributed by atoms with Crippen molar-refractivity contribution in [2.45, 2.75) is 46.6 Å². The zero-order valence-electron chi connectivity index (χ0n) is 13.8. The highest BCUT2D eigenvalue weighted by Gasteiger charge is 2.24. The number of aromatic nitrogens is 4. The fourth-order valence-electron chi connectivity index (χ4n) is 2.36. The van der Waals surface area contributed by atoms with Crippen LogP contribution >= 0.6 is 0 Å². The predicted octanol–water partition coefficient (Wildman–Crippen LogP) is 2.19. The third-order valence-corrected chi connectivity index (χ3v) is 3.42. The van der Waals surface area contributed by atoms with Crippen molar-refractivity contribution in [2.24, 2.45) is 13.0 Å². The number of amides is 1. The largest absolute Gasteiger partial charge is 0.435 e. The first-order valence-electron chi connectivity index (χ1n) is 7.53. The maximum atomic E-state index is 12.5. The number of aryl methyl sites for hydroxylation is 3. The summed E-state index contributed by atoms with van der Waals surface area (Å²) in [5, 5.41) is 7.07. The molecule has 0 aliphatic rings. The summed E-state index contributed by atoms with van der Waals surface area (Å²) < 4.78 is 7.19. The molecule has 0 aliphatic carbocycles. The van der Waals surface area contributed by atoms with Crippen molar-refractivity contribution < 1.29 is 9.21 Å². The predicted molar refractivity (Wildman–Crippen MR) is 81.3 cm³/mol. The second-order valence-corrected chi connectivity index (χ2v) is 5.77. The van der Waals surface area contributed by atoms with E-state index in [4.69, 9.17) is 4.42 Å². The third-order valence-electron chi connectivity index (χ3n) is 3.42. The molecule has 2 heterocycles. The highest BCUT2D eigenvalue weighted by atomic mass is 16.4. The van der Waals surface area contributed by atoms with E-state index in [2.05, 4.69) is 34.2 Å². The summed E-state index contributed by atoms with van der Waals surface area (Å²) >= 11 is 0. The van der Waals surface area contributed by atoms with Crippen molar-refractivity contribution in [3.05, 3.63) is 29.5 Å². The number of oxazole rings is 1. The molecule has 2 aromatic heterocycles. The van der Waals surface area contributed by atoms with E-state index < -0.39 is 0 Å². The Hall–Kier alpha value is -2.18. The Balaban J connectivity index is 2.21. The Morgan fingerprint density at radius 1 is 1.45 bits per heavy atom. The van der Waals surface area contributed by atoms with Crippen LogP contribution < -0.4 is 5.32 Å². The minimum absolute atomic E-state index is 0.213. The molecule has 0 unspecified atom stereocenters. The summed E-state index contributed by atoms with van der Waals surface area (Å²) in [5.74, 6) is 1.71. The van der Waals surface area contributed by atoms with E-state index in [9.17, 15) is 4.79 Å². The van der Waals surface area contributed by atoms with Crippen LogP contribution in [0.3, 0.4) is 0 Å². The van der Waals surface area contributed by atoms with Gasteiger partial charge in [0.05, 0.1) is 11.7 Å². The molecule has 22 heavy (non-hydrogen) atoms. The van der Waals surface area contributed by atoms with Gasteiger partial charge < -0.3 is 9.73 Å². The molecule has 1 amide bonds. The van der Waals surface area contributed by atoms with Crippen molar-refractivity contribution in [1.29, 1.82) is 0 Å². The van der Waals surface area contributed by atoms with Crippen LogP contribution in [-0.2, 0) is 13.5 Å². The number of rotatable bonds is 6. The average Bonchev–Trinajstić information content (AvgIpc) is 3.03. The van der Waals surface area contributed by atoms with Gasteiger partial charge in [-0.25, -0.2) is 9.97 Å². The van der Waals surface area contributed by atoms with Crippen molar-refractivity contribution in [1.82, 2.24) is 25.1 Å². The molecule has 7 nitrogen and oxygen atoms in total. The van der Waals surface area contributed by atoms with Crippen molar-refractivity contribution >= 4 is 5.91 Å². The van der Waals surface area contributed by atoms with E-state index in [0.717, 1.165) is 12.2 Å². The second-order valence-electron chi connectivity index (χ2n) is 5.77. The molecule has 0 fully saturated rings. The zero-order valence-corrected chi connectivity index (χ0v) is 13.8. The van der Waals surface area contributed by atoms with Crippen LogP contribution in [0.5, 0.6) is 0 Å². The minimum Gasteiger partial charge on any atom is -0.435 e. The number of nitrogens with zero attached hydrogens (tertiary/aromatic N) is 4. The molecule has 1 N–H and O–H groups in total. The standard InChI is InChI=1S/C15H23N5O2/c1-6-12-18-10(4)13(22-12)15(21)19-11(7-9(2)3)14-16-8-17-20(14)5/h8-9,11H,6-7H2,1-5H3,(H,19,21)/t11-/m1/s1. The fraction of sp³-hybridized carbons (Fsp3) is 0.600. The lowest BCUT2D eigenvalue weighted by Crippen LogP contribution is -2.31. The molecule has 120 valence electrons. The molecule has 2 aromatic rings. The molecule has 0 spiro atoms. The lowest BCUT2D eigenvalue weighted by atomic mass is 10.0. The highest BCUT2D eigenvalue weighted by molar-refractivity contribution is 5.92. The first kappa shape index (κ1) is 16.2. The minimum atomic E-state index is -0.265. The van der Waals surface area contributed by atoms with E-state index in [1.54, 1.807) is 11.6 Å². The molecule has 7 heteroatoms. The normalized spacial score (nSPS) is 12.6. The molecule has 0 radical (unpaired) electrons. The van der Waals surface area contributed by atoms with Crippen molar-refractivity contribution in [2.75, 3.05) is 0 Å². The van der Waals surface area contributed by atoms with Crippen LogP contribution in [0.2, 0.25) is 0 Å². The Labute approximate surface area is 130 Å². The lowest BCUT2D eigenvalue weighted by molar-refractivity contribution is 0.0898. The highest BCUT2D eigenvalue weighted by Crippen LogP contribution is 2.20. The summed E-state index contributed by atoms with van der Waals surface area (Å²) in [5.41, 5.74) is 0.607. The lowest BCUT2D eigenvalue weighted by Gasteiger charge is -2.19. The summed E-state index contributed by atoms with van der Waals surface area (Å²) in [6, 6.07) is -0.213. The summed E-state index contributed by atoms with van der Waals surface area (Å²) in [7, 11) is 1.82. The number of hydrogen-bond acceptors (Lipinski definition) is 5. The van der Waals surface area contributed by atoms with Gasteiger partial charge >= 0.3 is 0 Å². The molecule has 1 atom stereocenters. The number of hydrogen-bond donors (Lipinski definition) is 1. The Bertz CT molecular complexity index is 644. The quantitative estimate of drug-likeness (QED) is 0.884. The topological polar surface area (TPSA) is 85.8 Å². The summed E-state index contributed by atoms with van der Waals surface area (Å²) in [6.07, 6.45) is 2.92. The molecular weight excluding hydrogens is 282 g/mol. The van der Waals surface area contributed by atoms with Gasteiger partial charge in [-0.05, 0) is 19.3 Å². The Morgan fingerprint density at radius 2 is 2.18 bits per heavy atom. The summed E-state index contributed by atoms with van der Waals surface area (Å²) in [6.45, 7) is 7.92. The SMILES string of the molecule is CCc1nc(C)c(C(=O)N[C@H](CC(C)C)c2ncnn2C)o1. The second kappa shape index (κ2) is 6.72. The first-order chi connectivity index (χ1) is 10.4. The number of nitrogens with one attached hydrogen (secondary N) is 1. The van der Waals surface area contributed by atoms with Crippen molar-refractivity contribution in [3.8, 4) is 0 Å². The van der Waals surface area contributed by atoms with E-state index in [0.29, 0.717) is 23.9 Å². The molecule has 0 bridgehead atoms. The molecule has 0 aromatic carbocycles. The molecule has 0 aliphatic heterocycles. The molecule has 0 saturated carbocycles. The Morgan fingerprint density at radius 3 is 2.68 bits per heavy atom. The van der Waals surface area contributed by atoms with Gasteiger partial charge in [-0.3, -0.25) is 9.48 Å². The van der Waals surface area contributed by atoms with Crippen LogP contribution in [0, 0.1) is 12.8 Å². The van der Waals surface area contributed by atoms with Crippen LogP contribution in [0.25, 0.3) is 0 Å². The molecule has 0 saturated heterocycles. The van der Waals surface area contributed by atoms with Gasteiger partial charge in [-0.2, -0.15) is 5.10 Å². The third kappa shape index (κ3) is 3.52. The fourth-order valence-corrected chi connectivity index (χ4v) is 2.36. The van der Waals surface area contributed by atoms with Crippen LogP contribution in [0.1, 0.15) is 61.2 Å². The van der Waals surface area contributed by atoms with E-state index >= 15 is 0 Å². The monoisotopic (exact) mass is 305 g/mol. The number of carbonyl (C=O) groups is 1. The zero-order chi connectivity index (χ0) is 16.3. The van der Waals surface area contributed by atoms with Gasteiger partial charge in [0.15, 0.2) is 5.89 Å². The van der Waals surface area contributed by atoms with E-state index in [-0.39, 0.29) is 17.7 Å². The Kier molecular flexibility index (Phi) is 4.95. The van der Waals surface area contributed by atoms with Crippen molar-refractivity contribution in [3.63, 3.8) is 0 Å². The van der Waals surface area contributed by atoms with Crippen LogP contribution in [-0.4, -0.2) is 25.7 Å². The van der Waals surface area contributed by atoms with Gasteiger partial charge in [-0.1, -0.05) is 20.8 Å².